The minimum absolute atomic E-state index is 1.02. The molecule has 19 heavy (non-hydrogen) atoms. The fourth-order valence-electron chi connectivity index (χ4n) is 2.44. The van der Waals surface area contributed by atoms with Crippen LogP contribution in [0.15, 0.2) is 48.7 Å². The number of pyridine rings is 1. The Morgan fingerprint density at radius 3 is 2.16 bits per heavy atom. The highest BCUT2D eigenvalue weighted by atomic mass is 15.3. The van der Waals surface area contributed by atoms with E-state index in [0.29, 0.717) is 0 Å². The van der Waals surface area contributed by atoms with Gasteiger partial charge in [0.1, 0.15) is 11.5 Å². The van der Waals surface area contributed by atoms with Crippen LogP contribution in [0.4, 0.5) is 17.2 Å². The molecule has 4 heteroatoms. The Balaban J connectivity index is 1.65. The molecule has 1 saturated heterocycles. The molecular weight excluding hydrogens is 236 g/mol. The van der Waals surface area contributed by atoms with Crippen molar-refractivity contribution in [1.82, 2.24) is 4.98 Å². The van der Waals surface area contributed by atoms with Crippen LogP contribution in [0.3, 0.4) is 0 Å². The Hall–Kier alpha value is -2.07. The summed E-state index contributed by atoms with van der Waals surface area (Å²) in [6.07, 6.45) is 1.86. The quantitative estimate of drug-likeness (QED) is 0.879. The molecule has 3 N–H and O–H groups in total. The van der Waals surface area contributed by atoms with Crippen molar-refractivity contribution in [1.29, 1.82) is 0 Å². The highest BCUT2D eigenvalue weighted by Gasteiger charge is 2.17. The van der Waals surface area contributed by atoms with Crippen LogP contribution in [0.2, 0.25) is 0 Å². The lowest BCUT2D eigenvalue weighted by atomic mass is 10.2. The molecule has 1 aliphatic rings. The van der Waals surface area contributed by atoms with E-state index in [1.165, 1.54) is 5.69 Å². The van der Waals surface area contributed by atoms with E-state index in [4.69, 9.17) is 0 Å². The van der Waals surface area contributed by atoms with E-state index in [2.05, 4.69) is 50.8 Å². The van der Waals surface area contributed by atoms with Crippen LogP contribution in [0.5, 0.6) is 0 Å². The van der Waals surface area contributed by atoms with Crippen LogP contribution in [-0.2, 0) is 0 Å². The lowest BCUT2D eigenvalue weighted by Crippen LogP contribution is -2.47. The summed E-state index contributed by atoms with van der Waals surface area (Å²) in [5.41, 5.74) is 6.27. The Morgan fingerprint density at radius 2 is 1.53 bits per heavy atom. The summed E-state index contributed by atoms with van der Waals surface area (Å²) in [4.78, 5) is 9.17. The van der Waals surface area contributed by atoms with Crippen LogP contribution in [0, 0.1) is 0 Å². The van der Waals surface area contributed by atoms with Gasteiger partial charge in [0.05, 0.1) is 0 Å². The van der Waals surface area contributed by atoms with E-state index in [1.54, 1.807) is 0 Å². The fourth-order valence-corrected chi connectivity index (χ4v) is 2.44. The molecule has 0 spiro atoms. The topological polar surface area (TPSA) is 47.0 Å². The first-order valence-corrected chi connectivity index (χ1v) is 6.66. The van der Waals surface area contributed by atoms with Crippen LogP contribution >= 0.6 is 0 Å². The number of benzene rings is 1. The van der Waals surface area contributed by atoms with E-state index >= 15 is 0 Å². The van der Waals surface area contributed by atoms with Gasteiger partial charge in [-0.25, -0.2) is 4.98 Å². The molecule has 0 bridgehead atoms. The molecule has 1 aliphatic heterocycles. The van der Waals surface area contributed by atoms with Gasteiger partial charge in [0.25, 0.3) is 0 Å². The second-order valence-electron chi connectivity index (χ2n) is 4.83. The molecule has 1 aromatic carbocycles. The Labute approximate surface area is 113 Å². The van der Waals surface area contributed by atoms with Crippen molar-refractivity contribution in [3.8, 4) is 0 Å². The standard InChI is InChI=1S/C15H18N4/c16-13-4-6-14(7-5-13)18-9-11-19(12-10-18)15-3-1-2-8-17-15/h1-8H,9-12,16H2/p+1. The number of hydrogen-bond donors (Lipinski definition) is 1. The smallest absolute Gasteiger partial charge is 0.128 e. The number of aromatic nitrogens is 1. The second kappa shape index (κ2) is 5.28. The van der Waals surface area contributed by atoms with Crippen LogP contribution < -0.4 is 15.5 Å². The van der Waals surface area contributed by atoms with Crippen molar-refractivity contribution in [2.75, 3.05) is 36.0 Å². The number of piperazine rings is 1. The van der Waals surface area contributed by atoms with Gasteiger partial charge in [-0.3, -0.25) is 0 Å². The van der Waals surface area contributed by atoms with Gasteiger partial charge >= 0.3 is 0 Å². The molecule has 98 valence electrons. The van der Waals surface area contributed by atoms with Crippen molar-refractivity contribution in [3.05, 3.63) is 48.7 Å². The Bertz CT molecular complexity index is 516. The number of hydrogen-bond acceptors (Lipinski definition) is 3. The molecule has 1 aromatic heterocycles. The normalized spacial score (nSPS) is 15.6. The summed E-state index contributed by atoms with van der Waals surface area (Å²) < 4.78 is 0. The molecule has 2 aromatic rings. The molecule has 0 saturated carbocycles. The maximum absolute atomic E-state index is 4.41. The van der Waals surface area contributed by atoms with Gasteiger partial charge in [-0.1, -0.05) is 6.07 Å². The Kier molecular flexibility index (Phi) is 3.33. The molecule has 0 unspecified atom stereocenters. The second-order valence-corrected chi connectivity index (χ2v) is 4.83. The fraction of sp³-hybridized carbons (Fsp3) is 0.267. The highest BCUT2D eigenvalue weighted by Crippen LogP contribution is 2.19. The molecule has 0 radical (unpaired) electrons. The van der Waals surface area contributed by atoms with E-state index in [9.17, 15) is 0 Å². The van der Waals surface area contributed by atoms with Crippen LogP contribution in [0.1, 0.15) is 0 Å². The van der Waals surface area contributed by atoms with Gasteiger partial charge in [0.2, 0.25) is 0 Å². The summed E-state index contributed by atoms with van der Waals surface area (Å²) in [5, 5.41) is 0. The molecule has 3 rings (SSSR count). The number of nitrogens with zero attached hydrogens (tertiary/aromatic N) is 3. The van der Waals surface area contributed by atoms with Crippen molar-refractivity contribution < 1.29 is 5.73 Å². The molecule has 4 nitrogen and oxygen atoms in total. The predicted octanol–water partition coefficient (Wildman–Crippen LogP) is 1.28. The highest BCUT2D eigenvalue weighted by molar-refractivity contribution is 5.52. The lowest BCUT2D eigenvalue weighted by molar-refractivity contribution is -0.254. The van der Waals surface area contributed by atoms with Gasteiger partial charge < -0.3 is 15.5 Å². The van der Waals surface area contributed by atoms with Crippen molar-refractivity contribution in [3.63, 3.8) is 0 Å². The van der Waals surface area contributed by atoms with Crippen LogP contribution in [0.25, 0.3) is 0 Å². The first-order chi connectivity index (χ1) is 9.33. The summed E-state index contributed by atoms with van der Waals surface area (Å²) in [7, 11) is 0. The summed E-state index contributed by atoms with van der Waals surface area (Å²) >= 11 is 0. The molecule has 2 heterocycles. The van der Waals surface area contributed by atoms with Crippen LogP contribution in [-0.4, -0.2) is 31.2 Å². The first kappa shape index (κ1) is 12.0. The van der Waals surface area contributed by atoms with Crippen molar-refractivity contribution >= 4 is 17.2 Å². The molecule has 0 amide bonds. The maximum atomic E-state index is 4.41. The largest absolute Gasteiger partial charge is 0.368 e. The third kappa shape index (κ3) is 2.69. The monoisotopic (exact) mass is 255 g/mol. The first-order valence-electron chi connectivity index (χ1n) is 6.66. The summed E-state index contributed by atoms with van der Waals surface area (Å²) in [6.45, 7) is 4.10. The van der Waals surface area contributed by atoms with Crippen molar-refractivity contribution in [2.45, 2.75) is 0 Å². The number of rotatable bonds is 2. The minimum Gasteiger partial charge on any atom is -0.368 e. The lowest BCUT2D eigenvalue weighted by Gasteiger charge is -2.36. The molecule has 0 atom stereocenters. The Morgan fingerprint density at radius 1 is 0.842 bits per heavy atom. The summed E-state index contributed by atoms with van der Waals surface area (Å²) in [6, 6.07) is 14.5. The van der Waals surface area contributed by atoms with Gasteiger partial charge in [-0.05, 0) is 24.3 Å². The van der Waals surface area contributed by atoms with Gasteiger partial charge in [0, 0.05) is 50.2 Å². The van der Waals surface area contributed by atoms with Crippen molar-refractivity contribution in [2.24, 2.45) is 0 Å². The molecule has 1 fully saturated rings. The van der Waals surface area contributed by atoms with Gasteiger partial charge in [0.15, 0.2) is 0 Å². The van der Waals surface area contributed by atoms with E-state index < -0.39 is 0 Å². The minimum atomic E-state index is 1.02. The number of anilines is 2. The van der Waals surface area contributed by atoms with Gasteiger partial charge in [-0.15, -0.1) is 0 Å². The summed E-state index contributed by atoms with van der Waals surface area (Å²) in [5.74, 6) is 1.08. The average Bonchev–Trinajstić information content (AvgIpc) is 2.49. The average molecular weight is 255 g/mol. The molecule has 0 aliphatic carbocycles. The zero-order valence-electron chi connectivity index (χ0n) is 11.0. The maximum Gasteiger partial charge on any atom is 0.128 e. The van der Waals surface area contributed by atoms with E-state index in [1.807, 2.05) is 18.3 Å². The zero-order chi connectivity index (χ0) is 13.1. The van der Waals surface area contributed by atoms with E-state index in [-0.39, 0.29) is 0 Å². The third-order valence-electron chi connectivity index (χ3n) is 3.55. The predicted molar refractivity (Wildman–Crippen MR) is 77.7 cm³/mol. The number of quaternary nitrogens is 1. The SMILES string of the molecule is [NH3+]c1ccc(N2CCN(c3ccccn3)CC2)cc1. The third-order valence-corrected chi connectivity index (χ3v) is 3.55. The zero-order valence-corrected chi connectivity index (χ0v) is 11.0. The molecular formula is C15H19N4+. The van der Waals surface area contributed by atoms with Gasteiger partial charge in [-0.2, -0.15) is 0 Å². The van der Waals surface area contributed by atoms with E-state index in [0.717, 1.165) is 37.7 Å².